The summed E-state index contributed by atoms with van der Waals surface area (Å²) in [6.45, 7) is 2.01. The van der Waals surface area contributed by atoms with Crippen molar-refractivity contribution >= 4 is 56.9 Å². The zero-order valence-corrected chi connectivity index (χ0v) is 17.2. The third-order valence-corrected chi connectivity index (χ3v) is 5.08. The number of rotatable bonds is 3. The van der Waals surface area contributed by atoms with E-state index in [1.165, 1.54) is 0 Å². The van der Waals surface area contributed by atoms with Crippen molar-refractivity contribution in [3.05, 3.63) is 80.4 Å². The zero-order chi connectivity index (χ0) is 19.0. The number of oxazole rings is 1. The molecule has 0 atom stereocenters. The first-order valence-electron chi connectivity index (χ1n) is 8.23. The van der Waals surface area contributed by atoms with E-state index in [9.17, 15) is 4.79 Å². The molecule has 27 heavy (non-hydrogen) atoms. The predicted molar refractivity (Wildman–Crippen MR) is 116 cm³/mol. The maximum Gasteiger partial charge on any atom is 0.257 e. The maximum atomic E-state index is 12.6. The van der Waals surface area contributed by atoms with E-state index >= 15 is 0 Å². The maximum absolute atomic E-state index is 12.6. The summed E-state index contributed by atoms with van der Waals surface area (Å²) in [4.78, 5) is 17.1. The lowest BCUT2D eigenvalue weighted by molar-refractivity contribution is 0.102. The molecule has 0 fully saturated rings. The van der Waals surface area contributed by atoms with Crippen LogP contribution in [0.15, 0.2) is 65.1 Å². The summed E-state index contributed by atoms with van der Waals surface area (Å²) in [7, 11) is 0. The van der Waals surface area contributed by atoms with Gasteiger partial charge in [0.1, 0.15) is 5.52 Å². The van der Waals surface area contributed by atoms with Crippen molar-refractivity contribution in [2.45, 2.75) is 6.92 Å². The molecule has 0 bridgehead atoms. The van der Waals surface area contributed by atoms with Crippen LogP contribution in [-0.4, -0.2) is 10.9 Å². The van der Waals surface area contributed by atoms with Crippen molar-refractivity contribution in [2.75, 3.05) is 5.32 Å². The van der Waals surface area contributed by atoms with Gasteiger partial charge in [-0.25, -0.2) is 4.98 Å². The number of anilines is 1. The number of aromatic nitrogens is 1. The lowest BCUT2D eigenvalue weighted by atomic mass is 10.1. The molecule has 0 radical (unpaired) electrons. The smallest absolute Gasteiger partial charge is 0.257 e. The Labute approximate surface area is 174 Å². The molecule has 0 saturated carbocycles. The molecular weight excluding hydrogens is 475 g/mol. The first-order valence-corrected chi connectivity index (χ1v) is 9.69. The van der Waals surface area contributed by atoms with Gasteiger partial charge in [-0.2, -0.15) is 0 Å². The van der Waals surface area contributed by atoms with Crippen molar-refractivity contribution in [3.63, 3.8) is 0 Å². The first-order chi connectivity index (χ1) is 13.0. The number of nitrogens with zero attached hydrogens (tertiary/aromatic N) is 1. The van der Waals surface area contributed by atoms with Gasteiger partial charge < -0.3 is 9.73 Å². The lowest BCUT2D eigenvalue weighted by Crippen LogP contribution is -2.12. The standard InChI is InChI=1S/C21H14ClIN2O2/c1-12-5-8-19-18(9-12)25-21(27-19)13-3-2-4-15(10-13)24-20(26)16-11-14(23)6-7-17(16)22/h2-11H,1H3,(H,24,26). The molecule has 0 aliphatic carbocycles. The van der Waals surface area contributed by atoms with Crippen LogP contribution >= 0.6 is 34.2 Å². The van der Waals surface area contributed by atoms with Crippen LogP contribution in [0.4, 0.5) is 5.69 Å². The molecule has 3 aromatic carbocycles. The van der Waals surface area contributed by atoms with Gasteiger partial charge in [0.05, 0.1) is 10.6 Å². The minimum Gasteiger partial charge on any atom is -0.436 e. The van der Waals surface area contributed by atoms with Gasteiger partial charge >= 0.3 is 0 Å². The van der Waals surface area contributed by atoms with E-state index in [4.69, 9.17) is 16.0 Å². The number of nitrogens with one attached hydrogen (secondary N) is 1. The molecule has 134 valence electrons. The minimum absolute atomic E-state index is 0.260. The number of amides is 1. The van der Waals surface area contributed by atoms with E-state index in [1.807, 2.05) is 55.5 Å². The highest BCUT2D eigenvalue weighted by molar-refractivity contribution is 14.1. The molecule has 1 amide bonds. The Hall–Kier alpha value is -2.38. The topological polar surface area (TPSA) is 55.1 Å². The fraction of sp³-hybridized carbons (Fsp3) is 0.0476. The molecular formula is C21H14ClIN2O2. The monoisotopic (exact) mass is 488 g/mol. The zero-order valence-electron chi connectivity index (χ0n) is 14.3. The molecule has 4 nitrogen and oxygen atoms in total. The number of hydrogen-bond acceptors (Lipinski definition) is 3. The lowest BCUT2D eigenvalue weighted by Gasteiger charge is -2.08. The third kappa shape index (κ3) is 3.84. The Morgan fingerprint density at radius 3 is 2.81 bits per heavy atom. The molecule has 4 aromatic rings. The second-order valence-electron chi connectivity index (χ2n) is 6.15. The van der Waals surface area contributed by atoms with Crippen molar-refractivity contribution in [3.8, 4) is 11.5 Å². The number of benzene rings is 3. The highest BCUT2D eigenvalue weighted by atomic mass is 127. The molecule has 0 aliphatic rings. The van der Waals surface area contributed by atoms with Crippen LogP contribution < -0.4 is 5.32 Å². The average molecular weight is 489 g/mol. The van der Waals surface area contributed by atoms with Crippen LogP contribution in [-0.2, 0) is 0 Å². The van der Waals surface area contributed by atoms with Crippen molar-refractivity contribution in [1.82, 2.24) is 4.98 Å². The summed E-state index contributed by atoms with van der Waals surface area (Å²) >= 11 is 8.30. The summed E-state index contributed by atoms with van der Waals surface area (Å²) in [5.41, 5.74) is 4.53. The van der Waals surface area contributed by atoms with Gasteiger partial charge in [-0.3, -0.25) is 4.79 Å². The van der Waals surface area contributed by atoms with Crippen LogP contribution in [0.3, 0.4) is 0 Å². The van der Waals surface area contributed by atoms with Crippen molar-refractivity contribution < 1.29 is 9.21 Å². The number of aryl methyl sites for hydroxylation is 1. The van der Waals surface area contributed by atoms with Crippen LogP contribution in [0, 0.1) is 10.5 Å². The van der Waals surface area contributed by atoms with Gasteiger partial charge in [-0.15, -0.1) is 0 Å². The molecule has 6 heteroatoms. The predicted octanol–water partition coefficient (Wildman–Crippen LogP) is 6.31. The molecule has 4 rings (SSSR count). The van der Waals surface area contributed by atoms with Crippen LogP contribution in [0.2, 0.25) is 5.02 Å². The fourth-order valence-electron chi connectivity index (χ4n) is 2.76. The van der Waals surface area contributed by atoms with Gasteiger partial charge in [0.2, 0.25) is 5.89 Å². The Kier molecular flexibility index (Phi) is 4.88. The van der Waals surface area contributed by atoms with Crippen LogP contribution in [0.25, 0.3) is 22.6 Å². The van der Waals surface area contributed by atoms with E-state index in [-0.39, 0.29) is 5.91 Å². The molecule has 0 spiro atoms. The van der Waals surface area contributed by atoms with E-state index < -0.39 is 0 Å². The van der Waals surface area contributed by atoms with E-state index in [0.717, 1.165) is 25.8 Å². The second-order valence-corrected chi connectivity index (χ2v) is 7.80. The summed E-state index contributed by atoms with van der Waals surface area (Å²) < 4.78 is 6.78. The second kappa shape index (κ2) is 7.32. The largest absolute Gasteiger partial charge is 0.436 e. The average Bonchev–Trinajstić information content (AvgIpc) is 3.07. The Morgan fingerprint density at radius 2 is 1.96 bits per heavy atom. The van der Waals surface area contributed by atoms with Crippen LogP contribution in [0.5, 0.6) is 0 Å². The number of hydrogen-bond donors (Lipinski definition) is 1. The summed E-state index contributed by atoms with van der Waals surface area (Å²) in [6, 6.07) is 18.6. The Morgan fingerprint density at radius 1 is 1.11 bits per heavy atom. The fourth-order valence-corrected chi connectivity index (χ4v) is 3.46. The van der Waals surface area contributed by atoms with Crippen molar-refractivity contribution in [1.29, 1.82) is 0 Å². The Balaban J connectivity index is 1.63. The molecule has 1 heterocycles. The van der Waals surface area contributed by atoms with Crippen molar-refractivity contribution in [2.24, 2.45) is 0 Å². The highest BCUT2D eigenvalue weighted by Crippen LogP contribution is 2.27. The summed E-state index contributed by atoms with van der Waals surface area (Å²) in [5.74, 6) is 0.253. The quantitative estimate of drug-likeness (QED) is 0.344. The van der Waals surface area contributed by atoms with Gasteiger partial charge in [-0.05, 0) is 83.6 Å². The van der Waals surface area contributed by atoms with E-state index in [2.05, 4.69) is 32.9 Å². The normalized spacial score (nSPS) is 10.9. The first kappa shape index (κ1) is 18.0. The van der Waals surface area contributed by atoms with Gasteiger partial charge in [-0.1, -0.05) is 23.7 Å². The number of fused-ring (bicyclic) bond motifs is 1. The Bertz CT molecular complexity index is 1170. The minimum atomic E-state index is -0.260. The molecule has 0 aliphatic heterocycles. The molecule has 1 aromatic heterocycles. The third-order valence-electron chi connectivity index (χ3n) is 4.08. The van der Waals surface area contributed by atoms with Gasteiger partial charge in [0.25, 0.3) is 5.91 Å². The van der Waals surface area contributed by atoms with E-state index in [0.29, 0.717) is 22.2 Å². The summed E-state index contributed by atoms with van der Waals surface area (Å²) in [6.07, 6.45) is 0. The van der Waals surface area contributed by atoms with Gasteiger partial charge in [0, 0.05) is 14.8 Å². The number of carbonyl (C=O) groups excluding carboxylic acids is 1. The molecule has 0 unspecified atom stereocenters. The highest BCUT2D eigenvalue weighted by Gasteiger charge is 2.13. The SMILES string of the molecule is Cc1ccc2oc(-c3cccc(NC(=O)c4cc(I)ccc4Cl)c3)nc2c1. The molecule has 0 saturated heterocycles. The number of halogens is 2. The summed E-state index contributed by atoms with van der Waals surface area (Å²) in [5, 5.41) is 3.30. The molecule has 1 N–H and O–H groups in total. The number of carbonyl (C=O) groups is 1. The van der Waals surface area contributed by atoms with Crippen LogP contribution in [0.1, 0.15) is 15.9 Å². The van der Waals surface area contributed by atoms with Gasteiger partial charge in [0.15, 0.2) is 5.58 Å². The van der Waals surface area contributed by atoms with E-state index in [1.54, 1.807) is 12.1 Å².